The molecule has 2 aliphatic rings. The first kappa shape index (κ1) is 16.0. The standard InChI is InChI=1S/C17H25BFNO2/c1-16(2)9-8-14-17(3,11-16)22-18(21-14)15(20)10-12-4-6-13(19)7-5-12/h4-7,14-15H,8-11,20H2,1-3H3/t14-,15+,17+/m1/s1. The lowest BCUT2D eigenvalue weighted by molar-refractivity contribution is -0.0298. The number of hydrogen-bond acceptors (Lipinski definition) is 3. The monoisotopic (exact) mass is 305 g/mol. The Kier molecular flexibility index (Phi) is 4.08. The van der Waals surface area contributed by atoms with Crippen LogP contribution in [0.15, 0.2) is 24.3 Å². The van der Waals surface area contributed by atoms with Gasteiger partial charge in [-0.05, 0) is 55.7 Å². The summed E-state index contributed by atoms with van der Waals surface area (Å²) in [5, 5.41) is 0. The minimum atomic E-state index is -0.381. The van der Waals surface area contributed by atoms with E-state index in [9.17, 15) is 4.39 Å². The molecular formula is C17H25BFNO2. The normalized spacial score (nSPS) is 31.9. The van der Waals surface area contributed by atoms with Crippen molar-refractivity contribution >= 4 is 7.12 Å². The summed E-state index contributed by atoms with van der Waals surface area (Å²) < 4.78 is 25.3. The fourth-order valence-corrected chi connectivity index (χ4v) is 3.94. The highest BCUT2D eigenvalue weighted by molar-refractivity contribution is 6.47. The van der Waals surface area contributed by atoms with Crippen molar-refractivity contribution in [3.63, 3.8) is 0 Å². The molecule has 22 heavy (non-hydrogen) atoms. The second-order valence-electron chi connectivity index (χ2n) is 7.80. The van der Waals surface area contributed by atoms with Gasteiger partial charge in [0.05, 0.1) is 11.7 Å². The molecule has 5 heteroatoms. The number of benzene rings is 1. The van der Waals surface area contributed by atoms with Gasteiger partial charge in [-0.2, -0.15) is 0 Å². The summed E-state index contributed by atoms with van der Waals surface area (Å²) in [7, 11) is -0.381. The zero-order valence-electron chi connectivity index (χ0n) is 13.6. The van der Waals surface area contributed by atoms with Crippen LogP contribution >= 0.6 is 0 Å². The second kappa shape index (κ2) is 5.62. The van der Waals surface area contributed by atoms with Crippen molar-refractivity contribution < 1.29 is 13.7 Å². The lowest BCUT2D eigenvalue weighted by Crippen LogP contribution is -2.46. The lowest BCUT2D eigenvalue weighted by atomic mass is 9.69. The predicted octanol–water partition coefficient (Wildman–Crippen LogP) is 3.11. The first-order chi connectivity index (χ1) is 10.3. The van der Waals surface area contributed by atoms with Crippen LogP contribution < -0.4 is 5.73 Å². The molecule has 2 N–H and O–H groups in total. The van der Waals surface area contributed by atoms with Gasteiger partial charge in [-0.15, -0.1) is 0 Å². The molecule has 0 spiro atoms. The van der Waals surface area contributed by atoms with Crippen molar-refractivity contribution in [2.24, 2.45) is 11.1 Å². The Hall–Kier alpha value is -0.905. The first-order valence-electron chi connectivity index (χ1n) is 8.11. The molecule has 1 heterocycles. The van der Waals surface area contributed by atoms with Gasteiger partial charge >= 0.3 is 7.12 Å². The molecule has 1 aliphatic heterocycles. The summed E-state index contributed by atoms with van der Waals surface area (Å²) in [5.41, 5.74) is 7.33. The van der Waals surface area contributed by atoms with Crippen LogP contribution in [0.2, 0.25) is 0 Å². The van der Waals surface area contributed by atoms with Crippen molar-refractivity contribution in [2.75, 3.05) is 0 Å². The summed E-state index contributed by atoms with van der Waals surface area (Å²) in [6.07, 6.45) is 3.91. The van der Waals surface area contributed by atoms with E-state index in [0.29, 0.717) is 6.42 Å². The minimum absolute atomic E-state index is 0.129. The summed E-state index contributed by atoms with van der Waals surface area (Å²) in [6.45, 7) is 6.70. The molecule has 1 aliphatic carbocycles. The van der Waals surface area contributed by atoms with Crippen LogP contribution in [-0.2, 0) is 15.7 Å². The van der Waals surface area contributed by atoms with Crippen LogP contribution in [0.5, 0.6) is 0 Å². The Morgan fingerprint density at radius 2 is 2.00 bits per heavy atom. The largest absolute Gasteiger partial charge is 0.475 e. The van der Waals surface area contributed by atoms with Crippen LogP contribution in [0, 0.1) is 11.2 Å². The maximum Gasteiger partial charge on any atom is 0.475 e. The van der Waals surface area contributed by atoms with E-state index >= 15 is 0 Å². The predicted molar refractivity (Wildman–Crippen MR) is 85.8 cm³/mol. The lowest BCUT2D eigenvalue weighted by Gasteiger charge is -2.43. The van der Waals surface area contributed by atoms with E-state index in [1.54, 1.807) is 12.1 Å². The van der Waals surface area contributed by atoms with Crippen molar-refractivity contribution in [3.8, 4) is 0 Å². The highest BCUT2D eigenvalue weighted by Crippen LogP contribution is 2.47. The van der Waals surface area contributed by atoms with Crippen LogP contribution in [0.3, 0.4) is 0 Å². The second-order valence-corrected chi connectivity index (χ2v) is 7.80. The topological polar surface area (TPSA) is 44.5 Å². The molecule has 0 amide bonds. The van der Waals surface area contributed by atoms with Gasteiger partial charge in [-0.25, -0.2) is 4.39 Å². The Morgan fingerprint density at radius 1 is 1.32 bits per heavy atom. The molecule has 0 unspecified atom stereocenters. The van der Waals surface area contributed by atoms with Crippen molar-refractivity contribution in [1.82, 2.24) is 0 Å². The number of halogens is 1. The third-order valence-electron chi connectivity index (χ3n) is 5.01. The van der Waals surface area contributed by atoms with E-state index in [2.05, 4.69) is 20.8 Å². The Balaban J connectivity index is 1.65. The van der Waals surface area contributed by atoms with E-state index in [0.717, 1.165) is 24.8 Å². The van der Waals surface area contributed by atoms with Crippen molar-refractivity contribution in [2.45, 2.75) is 64.1 Å². The summed E-state index contributed by atoms with van der Waals surface area (Å²) in [6, 6.07) is 6.45. The highest BCUT2D eigenvalue weighted by Gasteiger charge is 2.54. The van der Waals surface area contributed by atoms with Gasteiger partial charge in [0, 0.05) is 5.94 Å². The van der Waals surface area contributed by atoms with Crippen LogP contribution in [0.25, 0.3) is 0 Å². The summed E-state index contributed by atoms with van der Waals surface area (Å²) in [4.78, 5) is 0. The van der Waals surface area contributed by atoms with Crippen LogP contribution in [-0.4, -0.2) is 24.8 Å². The summed E-state index contributed by atoms with van der Waals surface area (Å²) in [5.74, 6) is -0.470. The molecule has 3 atom stereocenters. The van der Waals surface area contributed by atoms with Gasteiger partial charge in [-0.3, -0.25) is 0 Å². The smallest absolute Gasteiger partial charge is 0.404 e. The van der Waals surface area contributed by atoms with Crippen molar-refractivity contribution in [1.29, 1.82) is 0 Å². The van der Waals surface area contributed by atoms with Gasteiger partial charge < -0.3 is 15.0 Å². The van der Waals surface area contributed by atoms with E-state index in [-0.39, 0.29) is 36.0 Å². The molecule has 1 aromatic rings. The molecule has 3 rings (SSSR count). The van der Waals surface area contributed by atoms with Gasteiger partial charge in [0.2, 0.25) is 0 Å². The number of hydrogen-bond donors (Lipinski definition) is 1. The fraction of sp³-hybridized carbons (Fsp3) is 0.647. The maximum atomic E-state index is 13.0. The van der Waals surface area contributed by atoms with Gasteiger partial charge in [-0.1, -0.05) is 26.0 Å². The highest BCUT2D eigenvalue weighted by atomic mass is 19.1. The molecule has 0 aromatic heterocycles. The van der Waals surface area contributed by atoms with Gasteiger partial charge in [0.15, 0.2) is 0 Å². The van der Waals surface area contributed by atoms with Gasteiger partial charge in [0.25, 0.3) is 0 Å². The molecule has 1 saturated heterocycles. The molecule has 120 valence electrons. The molecule has 3 nitrogen and oxygen atoms in total. The fourth-order valence-electron chi connectivity index (χ4n) is 3.94. The Labute approximate surface area is 132 Å². The number of nitrogens with two attached hydrogens (primary N) is 1. The third kappa shape index (κ3) is 3.22. The van der Waals surface area contributed by atoms with Crippen LogP contribution in [0.4, 0.5) is 4.39 Å². The molecule has 0 bridgehead atoms. The Morgan fingerprint density at radius 3 is 2.68 bits per heavy atom. The van der Waals surface area contributed by atoms with Gasteiger partial charge in [0.1, 0.15) is 5.82 Å². The molecule has 1 saturated carbocycles. The number of fused-ring (bicyclic) bond motifs is 1. The van der Waals surface area contributed by atoms with E-state index < -0.39 is 0 Å². The average Bonchev–Trinajstić information content (AvgIpc) is 2.76. The molecule has 0 radical (unpaired) electrons. The third-order valence-corrected chi connectivity index (χ3v) is 5.01. The maximum absolute atomic E-state index is 13.0. The van der Waals surface area contributed by atoms with E-state index in [1.807, 2.05) is 0 Å². The van der Waals surface area contributed by atoms with E-state index in [1.165, 1.54) is 12.1 Å². The van der Waals surface area contributed by atoms with E-state index in [4.69, 9.17) is 15.0 Å². The quantitative estimate of drug-likeness (QED) is 0.873. The average molecular weight is 305 g/mol. The Bertz CT molecular complexity index is 536. The van der Waals surface area contributed by atoms with Crippen molar-refractivity contribution in [3.05, 3.63) is 35.6 Å². The molecule has 1 aromatic carbocycles. The molecular weight excluding hydrogens is 280 g/mol. The van der Waals surface area contributed by atoms with Crippen LogP contribution in [0.1, 0.15) is 45.6 Å². The minimum Gasteiger partial charge on any atom is -0.404 e. The zero-order valence-corrected chi connectivity index (χ0v) is 13.6. The zero-order chi connectivity index (χ0) is 16.0. The SMILES string of the molecule is CC1(C)CC[C@H]2OB([C@@H](N)Cc3ccc(F)cc3)O[C@@]2(C)C1. The number of rotatable bonds is 3. The first-order valence-corrected chi connectivity index (χ1v) is 8.11. The summed E-state index contributed by atoms with van der Waals surface area (Å²) >= 11 is 0. The molecule has 2 fully saturated rings.